The molecule has 0 unspecified atom stereocenters. The molecule has 1 aromatic carbocycles. The van der Waals surface area contributed by atoms with Gasteiger partial charge in [0, 0.05) is 41.7 Å². The van der Waals surface area contributed by atoms with Crippen molar-refractivity contribution in [2.45, 2.75) is 32.4 Å². The highest BCUT2D eigenvalue weighted by atomic mass is 16.5. The molecule has 2 heterocycles. The Balaban J connectivity index is 1.67. The van der Waals surface area contributed by atoms with E-state index in [1.54, 1.807) is 31.6 Å². The molecular weight excluding hydrogens is 330 g/mol. The molecule has 1 aromatic heterocycles. The van der Waals surface area contributed by atoms with Crippen LogP contribution in [0.1, 0.15) is 25.3 Å². The Bertz CT molecular complexity index is 736. The van der Waals surface area contributed by atoms with Crippen LogP contribution in [0.3, 0.4) is 0 Å². The number of rotatable bonds is 6. The van der Waals surface area contributed by atoms with Crippen molar-refractivity contribution in [1.82, 2.24) is 10.3 Å². The average molecular weight is 355 g/mol. The summed E-state index contributed by atoms with van der Waals surface area (Å²) < 4.78 is 11.2. The van der Waals surface area contributed by atoms with Crippen LogP contribution in [0.5, 0.6) is 11.5 Å². The van der Waals surface area contributed by atoms with Gasteiger partial charge in [0.1, 0.15) is 6.61 Å². The molecule has 0 bridgehead atoms. The number of amides is 1. The highest BCUT2D eigenvalue weighted by molar-refractivity contribution is 5.93. The normalized spacial score (nSPS) is 19.6. The van der Waals surface area contributed by atoms with Crippen LogP contribution in [0.2, 0.25) is 0 Å². The average Bonchev–Trinajstić information content (AvgIpc) is 2.67. The number of nitrogens with zero attached hydrogens (tertiary/aromatic N) is 1. The highest BCUT2D eigenvalue weighted by Gasteiger charge is 2.24. The molecule has 2 aromatic rings. The molecule has 138 valence electrons. The maximum Gasteiger partial charge on any atom is 0.227 e. The zero-order chi connectivity index (χ0) is 18.4. The second-order valence-corrected chi connectivity index (χ2v) is 6.58. The quantitative estimate of drug-likeness (QED) is 0.833. The Kier molecular flexibility index (Phi) is 6.07. The van der Waals surface area contributed by atoms with Gasteiger partial charge in [-0.05, 0) is 44.5 Å². The summed E-state index contributed by atoms with van der Waals surface area (Å²) in [6.45, 7) is 3.37. The maximum absolute atomic E-state index is 12.5. The van der Waals surface area contributed by atoms with Crippen LogP contribution >= 0.6 is 0 Å². The van der Waals surface area contributed by atoms with E-state index in [0.29, 0.717) is 29.8 Å². The first-order valence-corrected chi connectivity index (χ1v) is 8.89. The molecule has 26 heavy (non-hydrogen) atoms. The molecule has 0 radical (unpaired) electrons. The lowest BCUT2D eigenvalue weighted by Crippen LogP contribution is -2.40. The molecule has 1 fully saturated rings. The molecule has 2 atom stereocenters. The number of hydrogen-bond donors (Lipinski definition) is 2. The van der Waals surface area contributed by atoms with Crippen LogP contribution in [-0.2, 0) is 11.4 Å². The van der Waals surface area contributed by atoms with Gasteiger partial charge >= 0.3 is 0 Å². The molecule has 1 amide bonds. The smallest absolute Gasteiger partial charge is 0.227 e. The summed E-state index contributed by atoms with van der Waals surface area (Å²) in [6.07, 6.45) is 5.20. The number of anilines is 1. The van der Waals surface area contributed by atoms with E-state index < -0.39 is 0 Å². The van der Waals surface area contributed by atoms with Crippen molar-refractivity contribution in [3.8, 4) is 11.5 Å². The Morgan fingerprint density at radius 3 is 2.96 bits per heavy atom. The van der Waals surface area contributed by atoms with Gasteiger partial charge in [-0.2, -0.15) is 0 Å². The van der Waals surface area contributed by atoms with Gasteiger partial charge in [-0.3, -0.25) is 9.78 Å². The van der Waals surface area contributed by atoms with Crippen LogP contribution in [0.25, 0.3) is 0 Å². The fourth-order valence-electron chi connectivity index (χ4n) is 3.13. The molecule has 3 rings (SSSR count). The number of aromatic nitrogens is 1. The van der Waals surface area contributed by atoms with Crippen LogP contribution in [0.15, 0.2) is 42.7 Å². The van der Waals surface area contributed by atoms with E-state index in [4.69, 9.17) is 9.47 Å². The summed E-state index contributed by atoms with van der Waals surface area (Å²) in [5.41, 5.74) is 1.68. The third kappa shape index (κ3) is 4.73. The van der Waals surface area contributed by atoms with Crippen molar-refractivity contribution in [2.75, 3.05) is 19.0 Å². The third-order valence-electron chi connectivity index (χ3n) is 4.54. The number of nitrogens with one attached hydrogen (secondary N) is 2. The van der Waals surface area contributed by atoms with Gasteiger partial charge in [-0.1, -0.05) is 6.07 Å². The molecule has 0 spiro atoms. The van der Waals surface area contributed by atoms with E-state index in [0.717, 1.165) is 24.9 Å². The van der Waals surface area contributed by atoms with Crippen molar-refractivity contribution in [2.24, 2.45) is 5.92 Å². The van der Waals surface area contributed by atoms with Crippen molar-refractivity contribution in [3.05, 3.63) is 48.3 Å². The Hall–Kier alpha value is -2.60. The molecule has 6 nitrogen and oxygen atoms in total. The Labute approximate surface area is 153 Å². The maximum atomic E-state index is 12.5. The largest absolute Gasteiger partial charge is 0.493 e. The second-order valence-electron chi connectivity index (χ2n) is 6.58. The molecular formula is C20H25N3O3. The van der Waals surface area contributed by atoms with E-state index >= 15 is 0 Å². The van der Waals surface area contributed by atoms with E-state index in [-0.39, 0.29) is 11.8 Å². The minimum absolute atomic E-state index is 0.0353. The number of carbonyl (C=O) groups is 1. The first kappa shape index (κ1) is 18.2. The lowest BCUT2D eigenvalue weighted by atomic mass is 9.92. The number of carbonyl (C=O) groups excluding carboxylic acids is 1. The zero-order valence-electron chi connectivity index (χ0n) is 15.2. The van der Waals surface area contributed by atoms with Gasteiger partial charge in [-0.25, -0.2) is 0 Å². The monoisotopic (exact) mass is 355 g/mol. The van der Waals surface area contributed by atoms with Crippen LogP contribution in [0.4, 0.5) is 5.69 Å². The fourth-order valence-corrected chi connectivity index (χ4v) is 3.13. The standard InChI is InChI=1S/C20H25N3O3/c1-14-10-16(7-9-22-14)20(24)23-17-5-6-18(25-2)19(11-17)26-13-15-4-3-8-21-12-15/h3-6,8,11-12,14,16,22H,7,9-10,13H2,1-2H3,(H,23,24)/t14-,16-/m0/s1. The minimum atomic E-state index is 0.0353. The lowest BCUT2D eigenvalue weighted by Gasteiger charge is -2.27. The van der Waals surface area contributed by atoms with E-state index in [2.05, 4.69) is 22.5 Å². The SMILES string of the molecule is COc1ccc(NC(=O)[C@H]2CCN[C@@H](C)C2)cc1OCc1cccnc1. The van der Waals surface area contributed by atoms with Gasteiger partial charge in [0.2, 0.25) is 5.91 Å². The number of piperidine rings is 1. The van der Waals surface area contributed by atoms with Gasteiger partial charge in [-0.15, -0.1) is 0 Å². The summed E-state index contributed by atoms with van der Waals surface area (Å²) in [4.78, 5) is 16.6. The Morgan fingerprint density at radius 1 is 1.35 bits per heavy atom. The van der Waals surface area contributed by atoms with Gasteiger partial charge in [0.15, 0.2) is 11.5 Å². The summed E-state index contributed by atoms with van der Waals surface area (Å²) in [5, 5.41) is 6.37. The molecule has 6 heteroatoms. The van der Waals surface area contributed by atoms with Crippen molar-refractivity contribution < 1.29 is 14.3 Å². The number of ether oxygens (including phenoxy) is 2. The predicted octanol–water partition coefficient (Wildman–Crippen LogP) is 3.00. The number of pyridine rings is 1. The summed E-state index contributed by atoms with van der Waals surface area (Å²) in [5.74, 6) is 1.31. The van der Waals surface area contributed by atoms with Crippen LogP contribution < -0.4 is 20.1 Å². The number of methoxy groups -OCH3 is 1. The number of benzene rings is 1. The summed E-state index contributed by atoms with van der Waals surface area (Å²) in [6, 6.07) is 9.62. The predicted molar refractivity (Wildman–Crippen MR) is 100 cm³/mol. The van der Waals surface area contributed by atoms with E-state index in [1.165, 1.54) is 0 Å². The Morgan fingerprint density at radius 2 is 2.23 bits per heavy atom. The van der Waals surface area contributed by atoms with Gasteiger partial charge in [0.25, 0.3) is 0 Å². The number of hydrogen-bond acceptors (Lipinski definition) is 5. The van der Waals surface area contributed by atoms with Gasteiger partial charge in [0.05, 0.1) is 7.11 Å². The zero-order valence-corrected chi connectivity index (χ0v) is 15.2. The van der Waals surface area contributed by atoms with Crippen molar-refractivity contribution in [1.29, 1.82) is 0 Å². The first-order chi connectivity index (χ1) is 12.7. The second kappa shape index (κ2) is 8.67. The van der Waals surface area contributed by atoms with Crippen LogP contribution in [0, 0.1) is 5.92 Å². The van der Waals surface area contributed by atoms with Crippen molar-refractivity contribution >= 4 is 11.6 Å². The molecule has 0 saturated carbocycles. The fraction of sp³-hybridized carbons (Fsp3) is 0.400. The van der Waals surface area contributed by atoms with E-state index in [9.17, 15) is 4.79 Å². The van der Waals surface area contributed by atoms with Crippen molar-refractivity contribution in [3.63, 3.8) is 0 Å². The highest BCUT2D eigenvalue weighted by Crippen LogP contribution is 2.31. The molecule has 1 aliphatic rings. The molecule has 0 aliphatic carbocycles. The third-order valence-corrected chi connectivity index (χ3v) is 4.54. The topological polar surface area (TPSA) is 72.5 Å². The molecule has 1 aliphatic heterocycles. The molecule has 2 N–H and O–H groups in total. The lowest BCUT2D eigenvalue weighted by molar-refractivity contribution is -0.120. The molecule has 1 saturated heterocycles. The summed E-state index contributed by atoms with van der Waals surface area (Å²) in [7, 11) is 1.60. The minimum Gasteiger partial charge on any atom is -0.493 e. The summed E-state index contributed by atoms with van der Waals surface area (Å²) >= 11 is 0. The van der Waals surface area contributed by atoms with Crippen LogP contribution in [-0.4, -0.2) is 30.6 Å². The van der Waals surface area contributed by atoms with Gasteiger partial charge < -0.3 is 20.1 Å². The van der Waals surface area contributed by atoms with E-state index in [1.807, 2.05) is 18.2 Å². The first-order valence-electron chi connectivity index (χ1n) is 8.89.